The van der Waals surface area contributed by atoms with Crippen molar-refractivity contribution in [2.45, 2.75) is 26.3 Å². The van der Waals surface area contributed by atoms with Gasteiger partial charge < -0.3 is 9.88 Å². The molecule has 0 aliphatic carbocycles. The Labute approximate surface area is 73.8 Å². The summed E-state index contributed by atoms with van der Waals surface area (Å²) in [5.74, 6) is 1.65. The monoisotopic (exact) mass is 167 g/mol. The van der Waals surface area contributed by atoms with Crippen LogP contribution in [0.25, 0.3) is 0 Å². The van der Waals surface area contributed by atoms with Crippen LogP contribution in [0.15, 0.2) is 6.20 Å². The van der Waals surface area contributed by atoms with Crippen LogP contribution in [0.3, 0.4) is 0 Å². The zero-order valence-electron chi connectivity index (χ0n) is 8.26. The van der Waals surface area contributed by atoms with Crippen LogP contribution >= 0.6 is 0 Å². The summed E-state index contributed by atoms with van der Waals surface area (Å²) in [5, 5.41) is 3.12. The molecule has 0 aliphatic heterocycles. The van der Waals surface area contributed by atoms with Gasteiger partial charge in [0, 0.05) is 25.7 Å². The summed E-state index contributed by atoms with van der Waals surface area (Å²) in [5.41, 5.74) is 1.24. The molecule has 0 bridgehead atoms. The van der Waals surface area contributed by atoms with Gasteiger partial charge in [-0.05, 0) is 7.05 Å². The van der Waals surface area contributed by atoms with E-state index in [1.54, 1.807) is 0 Å². The average molecular weight is 167 g/mol. The number of rotatable bonds is 3. The fourth-order valence-corrected chi connectivity index (χ4v) is 1.34. The molecule has 1 aromatic heterocycles. The normalized spacial score (nSPS) is 11.1. The van der Waals surface area contributed by atoms with E-state index in [1.165, 1.54) is 5.69 Å². The molecule has 0 saturated carbocycles. The lowest BCUT2D eigenvalue weighted by Crippen LogP contribution is -2.10. The summed E-state index contributed by atoms with van der Waals surface area (Å²) < 4.78 is 2.15. The van der Waals surface area contributed by atoms with Crippen LogP contribution in [-0.2, 0) is 13.6 Å². The zero-order valence-corrected chi connectivity index (χ0v) is 8.26. The van der Waals surface area contributed by atoms with E-state index in [4.69, 9.17) is 0 Å². The summed E-state index contributed by atoms with van der Waals surface area (Å²) in [7, 11) is 4.01. The van der Waals surface area contributed by atoms with Gasteiger partial charge in [0.25, 0.3) is 0 Å². The third-order valence-electron chi connectivity index (χ3n) is 1.99. The minimum Gasteiger partial charge on any atom is -0.334 e. The Kier molecular flexibility index (Phi) is 2.87. The maximum Gasteiger partial charge on any atom is 0.111 e. The topological polar surface area (TPSA) is 29.9 Å². The van der Waals surface area contributed by atoms with Gasteiger partial charge in [-0.2, -0.15) is 0 Å². The highest BCUT2D eigenvalue weighted by atomic mass is 15.1. The molecule has 0 spiro atoms. The molecule has 0 amide bonds. The van der Waals surface area contributed by atoms with Crippen molar-refractivity contribution in [3.05, 3.63) is 17.7 Å². The van der Waals surface area contributed by atoms with Gasteiger partial charge in [-0.1, -0.05) is 13.8 Å². The first kappa shape index (κ1) is 9.26. The summed E-state index contributed by atoms with van der Waals surface area (Å²) in [6.45, 7) is 5.20. The molecule has 3 heteroatoms. The SMILES string of the molecule is CNCc1cnc(C(C)C)n1C. The zero-order chi connectivity index (χ0) is 9.14. The molecule has 12 heavy (non-hydrogen) atoms. The molecular formula is C9H17N3. The third kappa shape index (κ3) is 1.67. The molecule has 1 rings (SSSR count). The van der Waals surface area contributed by atoms with Crippen LogP contribution in [0.5, 0.6) is 0 Å². The van der Waals surface area contributed by atoms with Crippen molar-refractivity contribution in [1.29, 1.82) is 0 Å². The van der Waals surface area contributed by atoms with Crippen molar-refractivity contribution < 1.29 is 0 Å². The molecule has 0 fully saturated rings. The maximum absolute atomic E-state index is 4.36. The molecule has 1 N–H and O–H groups in total. The fourth-order valence-electron chi connectivity index (χ4n) is 1.34. The van der Waals surface area contributed by atoms with Crippen LogP contribution in [0.2, 0.25) is 0 Å². The maximum atomic E-state index is 4.36. The van der Waals surface area contributed by atoms with Crippen molar-refractivity contribution in [3.8, 4) is 0 Å². The van der Waals surface area contributed by atoms with Gasteiger partial charge in [-0.3, -0.25) is 0 Å². The molecule has 0 atom stereocenters. The Morgan fingerprint density at radius 2 is 2.25 bits per heavy atom. The quantitative estimate of drug-likeness (QED) is 0.734. The molecule has 1 heterocycles. The van der Waals surface area contributed by atoms with Gasteiger partial charge in [-0.25, -0.2) is 4.98 Å². The largest absolute Gasteiger partial charge is 0.334 e. The molecule has 0 radical (unpaired) electrons. The van der Waals surface area contributed by atoms with E-state index in [0.717, 1.165) is 12.4 Å². The van der Waals surface area contributed by atoms with Crippen molar-refractivity contribution in [1.82, 2.24) is 14.9 Å². The van der Waals surface area contributed by atoms with Gasteiger partial charge in [0.1, 0.15) is 5.82 Å². The lowest BCUT2D eigenvalue weighted by atomic mass is 10.2. The highest BCUT2D eigenvalue weighted by Crippen LogP contribution is 2.12. The summed E-state index contributed by atoms with van der Waals surface area (Å²) in [4.78, 5) is 4.36. The van der Waals surface area contributed by atoms with Crippen LogP contribution < -0.4 is 5.32 Å². The van der Waals surface area contributed by atoms with Crippen LogP contribution in [-0.4, -0.2) is 16.6 Å². The highest BCUT2D eigenvalue weighted by molar-refractivity contribution is 5.07. The highest BCUT2D eigenvalue weighted by Gasteiger charge is 2.08. The number of aromatic nitrogens is 2. The average Bonchev–Trinajstić information content (AvgIpc) is 2.34. The molecule has 0 saturated heterocycles. The Balaban J connectivity index is 2.88. The predicted molar refractivity (Wildman–Crippen MR) is 50.1 cm³/mol. The summed E-state index contributed by atoms with van der Waals surface area (Å²) >= 11 is 0. The number of nitrogens with zero attached hydrogens (tertiary/aromatic N) is 2. The minimum atomic E-state index is 0.501. The van der Waals surface area contributed by atoms with Gasteiger partial charge in [0.15, 0.2) is 0 Å². The molecule has 1 aromatic rings. The standard InChI is InChI=1S/C9H17N3/c1-7(2)9-11-6-8(5-10-3)12(9)4/h6-7,10H,5H2,1-4H3. The third-order valence-corrected chi connectivity index (χ3v) is 1.99. The fraction of sp³-hybridized carbons (Fsp3) is 0.667. The number of imidazole rings is 1. The second-order valence-corrected chi connectivity index (χ2v) is 3.35. The molecule has 0 aliphatic rings. The number of nitrogens with one attached hydrogen (secondary N) is 1. The van der Waals surface area contributed by atoms with Gasteiger partial charge in [-0.15, -0.1) is 0 Å². The minimum absolute atomic E-state index is 0.501. The molecule has 0 aromatic carbocycles. The summed E-state index contributed by atoms with van der Waals surface area (Å²) in [6, 6.07) is 0. The van der Waals surface area contributed by atoms with E-state index < -0.39 is 0 Å². The van der Waals surface area contributed by atoms with Crippen molar-refractivity contribution in [3.63, 3.8) is 0 Å². The van der Waals surface area contributed by atoms with E-state index in [-0.39, 0.29) is 0 Å². The van der Waals surface area contributed by atoms with Crippen LogP contribution in [0, 0.1) is 0 Å². The second kappa shape index (κ2) is 3.72. The van der Waals surface area contributed by atoms with Crippen molar-refractivity contribution >= 4 is 0 Å². The van der Waals surface area contributed by atoms with Crippen LogP contribution in [0.4, 0.5) is 0 Å². The van der Waals surface area contributed by atoms with Gasteiger partial charge in [0.2, 0.25) is 0 Å². The molecular weight excluding hydrogens is 150 g/mol. The molecule has 68 valence electrons. The lowest BCUT2D eigenvalue weighted by molar-refractivity contribution is 0.667. The predicted octanol–water partition coefficient (Wildman–Crippen LogP) is 1.26. The first-order valence-corrected chi connectivity index (χ1v) is 4.32. The first-order chi connectivity index (χ1) is 5.66. The van der Waals surface area contributed by atoms with Gasteiger partial charge in [0.05, 0.1) is 5.69 Å². The Morgan fingerprint density at radius 1 is 1.58 bits per heavy atom. The van der Waals surface area contributed by atoms with Crippen molar-refractivity contribution in [2.24, 2.45) is 7.05 Å². The molecule has 0 unspecified atom stereocenters. The van der Waals surface area contributed by atoms with E-state index in [2.05, 4.69) is 35.8 Å². The Hall–Kier alpha value is -0.830. The number of hydrogen-bond donors (Lipinski definition) is 1. The van der Waals surface area contributed by atoms with E-state index in [1.807, 2.05) is 13.2 Å². The first-order valence-electron chi connectivity index (χ1n) is 4.32. The Morgan fingerprint density at radius 3 is 2.67 bits per heavy atom. The number of hydrogen-bond acceptors (Lipinski definition) is 2. The smallest absolute Gasteiger partial charge is 0.111 e. The second-order valence-electron chi connectivity index (χ2n) is 3.35. The van der Waals surface area contributed by atoms with E-state index in [9.17, 15) is 0 Å². The molecule has 3 nitrogen and oxygen atoms in total. The lowest BCUT2D eigenvalue weighted by Gasteiger charge is -2.07. The van der Waals surface area contributed by atoms with Crippen molar-refractivity contribution in [2.75, 3.05) is 7.05 Å². The van der Waals surface area contributed by atoms with Gasteiger partial charge >= 0.3 is 0 Å². The van der Waals surface area contributed by atoms with E-state index in [0.29, 0.717) is 5.92 Å². The summed E-state index contributed by atoms with van der Waals surface area (Å²) in [6.07, 6.45) is 1.94. The van der Waals surface area contributed by atoms with Crippen LogP contribution in [0.1, 0.15) is 31.3 Å². The van der Waals surface area contributed by atoms with E-state index >= 15 is 0 Å². The Bertz CT molecular complexity index is 250.